The van der Waals surface area contributed by atoms with Gasteiger partial charge in [0.25, 0.3) is 0 Å². The number of carboxylic acid groups (broad SMARTS) is 2. The smallest absolute Gasteiger partial charge is 0.343 e. The summed E-state index contributed by atoms with van der Waals surface area (Å²) >= 11 is 0. The summed E-state index contributed by atoms with van der Waals surface area (Å²) < 4.78 is 0. The summed E-state index contributed by atoms with van der Waals surface area (Å²) in [7, 11) is 0. The van der Waals surface area contributed by atoms with Crippen LogP contribution in [0.25, 0.3) is 0 Å². The number of rotatable bonds is 10. The first-order valence-electron chi connectivity index (χ1n) is 9.64. The average Bonchev–Trinajstić information content (AvgIpc) is 2.53. The predicted molar refractivity (Wildman–Crippen MR) is 96.0 cm³/mol. The first-order chi connectivity index (χ1) is 11.4. The minimum Gasteiger partial charge on any atom is -0.477 e. The Bertz CT molecular complexity index is 429. The maximum Gasteiger partial charge on any atom is 0.343 e. The number of unbranched alkanes of at least 4 members (excludes halogenated alkanes) is 2. The van der Waals surface area contributed by atoms with E-state index in [0.29, 0.717) is 5.92 Å². The zero-order valence-corrected chi connectivity index (χ0v) is 15.5. The zero-order chi connectivity index (χ0) is 18.1. The molecule has 0 radical (unpaired) electrons. The largest absolute Gasteiger partial charge is 0.477 e. The summed E-state index contributed by atoms with van der Waals surface area (Å²) in [4.78, 5) is 23.5. The monoisotopic (exact) mass is 338 g/mol. The van der Waals surface area contributed by atoms with Gasteiger partial charge in [0.05, 0.1) is 0 Å². The van der Waals surface area contributed by atoms with Crippen LogP contribution in [0.1, 0.15) is 85.0 Å². The molecule has 0 aromatic heterocycles. The van der Waals surface area contributed by atoms with E-state index in [1.807, 2.05) is 0 Å². The van der Waals surface area contributed by atoms with Gasteiger partial charge >= 0.3 is 11.9 Å². The molecule has 138 valence electrons. The van der Waals surface area contributed by atoms with Gasteiger partial charge in [-0.25, -0.2) is 9.59 Å². The zero-order valence-electron chi connectivity index (χ0n) is 15.5. The molecular weight excluding hydrogens is 304 g/mol. The van der Waals surface area contributed by atoms with Crippen molar-refractivity contribution >= 4 is 11.9 Å². The molecule has 2 atom stereocenters. The Kier molecular flexibility index (Phi) is 9.09. The van der Waals surface area contributed by atoms with E-state index in [2.05, 4.69) is 20.8 Å². The van der Waals surface area contributed by atoms with Crippen molar-refractivity contribution in [1.82, 2.24) is 0 Å². The van der Waals surface area contributed by atoms with E-state index in [1.165, 1.54) is 0 Å². The molecular formula is C20H34O4. The summed E-state index contributed by atoms with van der Waals surface area (Å²) in [6.45, 7) is 6.40. The minimum absolute atomic E-state index is 0.0950. The number of allylic oxidation sites excluding steroid dienone is 1. The maximum atomic E-state index is 11.7. The molecule has 0 spiro atoms. The van der Waals surface area contributed by atoms with Crippen LogP contribution in [0.4, 0.5) is 0 Å². The van der Waals surface area contributed by atoms with E-state index in [1.54, 1.807) is 0 Å². The fourth-order valence-corrected chi connectivity index (χ4v) is 4.17. The van der Waals surface area contributed by atoms with Crippen molar-refractivity contribution < 1.29 is 19.8 Å². The number of hydrogen-bond acceptors (Lipinski definition) is 2. The second-order valence-corrected chi connectivity index (χ2v) is 7.29. The summed E-state index contributed by atoms with van der Waals surface area (Å²) in [6.07, 6.45) is 10.2. The molecule has 0 aromatic rings. The first kappa shape index (κ1) is 20.7. The highest BCUT2D eigenvalue weighted by atomic mass is 16.4. The summed E-state index contributed by atoms with van der Waals surface area (Å²) in [5, 5.41) is 19.2. The third-order valence-electron chi connectivity index (χ3n) is 5.48. The second-order valence-electron chi connectivity index (χ2n) is 7.29. The van der Waals surface area contributed by atoms with Crippen LogP contribution in [0.2, 0.25) is 0 Å². The summed E-state index contributed by atoms with van der Waals surface area (Å²) in [6, 6.07) is 0. The fourth-order valence-electron chi connectivity index (χ4n) is 4.17. The van der Waals surface area contributed by atoms with Crippen LogP contribution in [0, 0.1) is 17.8 Å². The van der Waals surface area contributed by atoms with Gasteiger partial charge in [-0.3, -0.25) is 0 Å². The molecule has 2 N–H and O–H groups in total. The third-order valence-corrected chi connectivity index (χ3v) is 5.48. The summed E-state index contributed by atoms with van der Waals surface area (Å²) in [5.74, 6) is -1.97. The molecule has 0 aliphatic heterocycles. The van der Waals surface area contributed by atoms with E-state index >= 15 is 0 Å². The highest BCUT2D eigenvalue weighted by Crippen LogP contribution is 2.42. The van der Waals surface area contributed by atoms with Gasteiger partial charge in [0.2, 0.25) is 0 Å². The predicted octanol–water partition coefficient (Wildman–Crippen LogP) is 5.28. The van der Waals surface area contributed by atoms with Gasteiger partial charge in [0.1, 0.15) is 5.57 Å². The Morgan fingerprint density at radius 3 is 1.88 bits per heavy atom. The highest BCUT2D eigenvalue weighted by Gasteiger charge is 2.35. The van der Waals surface area contributed by atoms with E-state index in [0.717, 1.165) is 69.8 Å². The molecule has 24 heavy (non-hydrogen) atoms. The molecule has 0 heterocycles. The van der Waals surface area contributed by atoms with Crippen LogP contribution in [0.5, 0.6) is 0 Å². The van der Waals surface area contributed by atoms with E-state index in [4.69, 9.17) is 0 Å². The van der Waals surface area contributed by atoms with Crippen LogP contribution in [-0.2, 0) is 9.59 Å². The van der Waals surface area contributed by atoms with Crippen LogP contribution >= 0.6 is 0 Å². The standard InChI is InChI=1S/C20H34O4/c1-4-6-11-15(12-7-5-2)17(18(19(21)22)20(23)24)16-13-9-8-10-14(16)3/h14-16H,4-13H2,1-3H3,(H,21,22)(H,23,24). The van der Waals surface area contributed by atoms with Crippen LogP contribution in [0.3, 0.4) is 0 Å². The lowest BCUT2D eigenvalue weighted by atomic mass is 9.69. The molecule has 1 rings (SSSR count). The Morgan fingerprint density at radius 2 is 1.46 bits per heavy atom. The number of hydrogen-bond donors (Lipinski definition) is 2. The van der Waals surface area contributed by atoms with Crippen molar-refractivity contribution in [2.24, 2.45) is 17.8 Å². The molecule has 0 aromatic carbocycles. The molecule has 1 aliphatic carbocycles. The molecule has 2 unspecified atom stereocenters. The van der Waals surface area contributed by atoms with Crippen LogP contribution < -0.4 is 0 Å². The second kappa shape index (κ2) is 10.5. The molecule has 4 nitrogen and oxygen atoms in total. The van der Waals surface area contributed by atoms with Crippen molar-refractivity contribution in [1.29, 1.82) is 0 Å². The lowest BCUT2D eigenvalue weighted by Crippen LogP contribution is -2.29. The number of aliphatic carboxylic acids is 2. The normalized spacial score (nSPS) is 20.8. The first-order valence-corrected chi connectivity index (χ1v) is 9.64. The lowest BCUT2D eigenvalue weighted by molar-refractivity contribution is -0.140. The molecule has 0 amide bonds. The van der Waals surface area contributed by atoms with Crippen molar-refractivity contribution in [2.45, 2.75) is 85.0 Å². The van der Waals surface area contributed by atoms with Crippen molar-refractivity contribution in [3.05, 3.63) is 11.1 Å². The highest BCUT2D eigenvalue weighted by molar-refractivity contribution is 6.13. The Balaban J connectivity index is 3.33. The van der Waals surface area contributed by atoms with Crippen molar-refractivity contribution in [2.75, 3.05) is 0 Å². The maximum absolute atomic E-state index is 11.7. The van der Waals surface area contributed by atoms with E-state index in [-0.39, 0.29) is 17.4 Å². The molecule has 1 saturated carbocycles. The molecule has 0 bridgehead atoms. The van der Waals surface area contributed by atoms with Gasteiger partial charge in [0.15, 0.2) is 0 Å². The van der Waals surface area contributed by atoms with Gasteiger partial charge < -0.3 is 10.2 Å². The quantitative estimate of drug-likeness (QED) is 0.323. The SMILES string of the molecule is CCCCC(CCCC)C(=C(C(=O)O)C(=O)O)C1CCCCC1C. The van der Waals surface area contributed by atoms with Gasteiger partial charge in [-0.05, 0) is 42.6 Å². The van der Waals surface area contributed by atoms with Gasteiger partial charge in [-0.1, -0.05) is 65.7 Å². The van der Waals surface area contributed by atoms with Crippen LogP contribution in [-0.4, -0.2) is 22.2 Å². The summed E-state index contributed by atoms with van der Waals surface area (Å²) in [5.41, 5.74) is 0.398. The Morgan fingerprint density at radius 1 is 0.958 bits per heavy atom. The average molecular weight is 338 g/mol. The third kappa shape index (κ3) is 5.64. The van der Waals surface area contributed by atoms with Crippen molar-refractivity contribution in [3.8, 4) is 0 Å². The molecule has 1 fully saturated rings. The molecule has 0 saturated heterocycles. The van der Waals surface area contributed by atoms with Gasteiger partial charge in [-0.2, -0.15) is 0 Å². The van der Waals surface area contributed by atoms with E-state index < -0.39 is 11.9 Å². The van der Waals surface area contributed by atoms with Crippen molar-refractivity contribution in [3.63, 3.8) is 0 Å². The topological polar surface area (TPSA) is 74.6 Å². The van der Waals surface area contributed by atoms with Gasteiger partial charge in [0, 0.05) is 0 Å². The Labute approximate surface area is 146 Å². The number of carbonyl (C=O) groups is 2. The fraction of sp³-hybridized carbons (Fsp3) is 0.800. The lowest BCUT2D eigenvalue weighted by Gasteiger charge is -2.35. The minimum atomic E-state index is -1.27. The van der Waals surface area contributed by atoms with E-state index in [9.17, 15) is 19.8 Å². The number of carboxylic acids is 2. The Hall–Kier alpha value is -1.32. The van der Waals surface area contributed by atoms with Gasteiger partial charge in [-0.15, -0.1) is 0 Å². The molecule has 4 heteroatoms. The van der Waals surface area contributed by atoms with Crippen LogP contribution in [0.15, 0.2) is 11.1 Å². The molecule has 1 aliphatic rings.